The molecule has 1 amide bonds. The van der Waals surface area contributed by atoms with Gasteiger partial charge in [-0.2, -0.15) is 0 Å². The number of piperidine rings is 1. The molecule has 1 aromatic carbocycles. The first-order valence-corrected chi connectivity index (χ1v) is 8.09. The van der Waals surface area contributed by atoms with Crippen LogP contribution in [0.1, 0.15) is 43.7 Å². The van der Waals surface area contributed by atoms with Crippen molar-refractivity contribution in [3.63, 3.8) is 0 Å². The second-order valence-electron chi connectivity index (χ2n) is 6.46. The number of hydrogen-bond donors (Lipinski definition) is 1. The highest BCUT2D eigenvalue weighted by Crippen LogP contribution is 2.33. The average Bonchev–Trinajstić information content (AvgIpc) is 2.47. The molecule has 0 radical (unpaired) electrons. The Morgan fingerprint density at radius 3 is 2.86 bits per heavy atom. The van der Waals surface area contributed by atoms with Crippen LogP contribution in [-0.2, 0) is 11.3 Å². The molecule has 1 fully saturated rings. The van der Waals surface area contributed by atoms with Crippen LogP contribution in [0.2, 0.25) is 0 Å². The van der Waals surface area contributed by atoms with E-state index in [2.05, 4.69) is 43.4 Å². The lowest BCUT2D eigenvalue weighted by Gasteiger charge is -2.39. The number of rotatable bonds is 5. The van der Waals surface area contributed by atoms with Crippen LogP contribution in [0.3, 0.4) is 0 Å². The molecule has 0 spiro atoms. The van der Waals surface area contributed by atoms with Crippen LogP contribution in [0.5, 0.6) is 0 Å². The molecule has 1 aromatic rings. The predicted molar refractivity (Wildman–Crippen MR) is 87.1 cm³/mol. The lowest BCUT2D eigenvalue weighted by atomic mass is 9.75. The number of nitrogens with one attached hydrogen (secondary N) is 1. The van der Waals surface area contributed by atoms with E-state index in [1.165, 1.54) is 11.1 Å². The normalized spacial score (nSPS) is 22.0. The van der Waals surface area contributed by atoms with Gasteiger partial charge in [0.1, 0.15) is 0 Å². The third-order valence-electron chi connectivity index (χ3n) is 4.50. The summed E-state index contributed by atoms with van der Waals surface area (Å²) >= 11 is 0. The molecule has 3 nitrogen and oxygen atoms in total. The summed E-state index contributed by atoms with van der Waals surface area (Å²) in [5.41, 5.74) is 2.27. The summed E-state index contributed by atoms with van der Waals surface area (Å²) in [7, 11) is 1.94. The van der Waals surface area contributed by atoms with Crippen molar-refractivity contribution < 1.29 is 4.79 Å². The van der Waals surface area contributed by atoms with E-state index in [4.69, 9.17) is 0 Å². The van der Waals surface area contributed by atoms with Crippen LogP contribution < -0.4 is 5.32 Å². The zero-order chi connectivity index (χ0) is 15.3. The van der Waals surface area contributed by atoms with Gasteiger partial charge in [-0.3, -0.25) is 4.79 Å². The molecular formula is C18H28N2O. The van der Waals surface area contributed by atoms with Gasteiger partial charge in [0, 0.05) is 20.1 Å². The Balaban J connectivity index is 2.09. The Hall–Kier alpha value is -1.35. The lowest BCUT2D eigenvalue weighted by molar-refractivity contribution is -0.143. The molecule has 116 valence electrons. The molecule has 1 atom stereocenters. The lowest BCUT2D eigenvalue weighted by Crippen LogP contribution is -2.50. The van der Waals surface area contributed by atoms with E-state index in [-0.39, 0.29) is 5.41 Å². The number of nitrogens with zero attached hydrogens (tertiary/aromatic N) is 1. The Bertz CT molecular complexity index is 472. The third-order valence-corrected chi connectivity index (χ3v) is 4.50. The Morgan fingerprint density at radius 2 is 2.24 bits per heavy atom. The number of aryl methyl sites for hydroxylation is 1. The summed E-state index contributed by atoms with van der Waals surface area (Å²) < 4.78 is 0. The van der Waals surface area contributed by atoms with Crippen molar-refractivity contribution >= 4 is 5.91 Å². The first-order valence-electron chi connectivity index (χ1n) is 8.09. The molecule has 1 aliphatic rings. The van der Waals surface area contributed by atoms with E-state index in [1.54, 1.807) is 0 Å². The third kappa shape index (κ3) is 3.85. The standard InChI is InChI=1S/C18H28N2O/c1-4-9-18(10-6-11-19-14-18)17(21)20(3)13-16-8-5-7-15(2)12-16/h5,7-8,12,19H,4,6,9-11,13-14H2,1-3H3. The van der Waals surface area contributed by atoms with Crippen molar-refractivity contribution in [3.8, 4) is 0 Å². The van der Waals surface area contributed by atoms with E-state index in [0.29, 0.717) is 12.5 Å². The summed E-state index contributed by atoms with van der Waals surface area (Å²) in [6, 6.07) is 8.42. The fraction of sp³-hybridized carbons (Fsp3) is 0.611. The van der Waals surface area contributed by atoms with Gasteiger partial charge < -0.3 is 10.2 Å². The van der Waals surface area contributed by atoms with Gasteiger partial charge in [0.05, 0.1) is 5.41 Å². The highest BCUT2D eigenvalue weighted by atomic mass is 16.2. The highest BCUT2D eigenvalue weighted by Gasteiger charge is 2.40. The summed E-state index contributed by atoms with van der Waals surface area (Å²) in [5.74, 6) is 0.304. The van der Waals surface area contributed by atoms with Crippen molar-refractivity contribution in [1.29, 1.82) is 0 Å². The average molecular weight is 288 g/mol. The summed E-state index contributed by atoms with van der Waals surface area (Å²) in [6.07, 6.45) is 4.16. The van der Waals surface area contributed by atoms with E-state index in [9.17, 15) is 4.79 Å². The fourth-order valence-electron chi connectivity index (χ4n) is 3.51. The maximum atomic E-state index is 13.0. The smallest absolute Gasteiger partial charge is 0.230 e. The molecule has 1 aliphatic heterocycles. The number of amides is 1. The number of benzene rings is 1. The number of carbonyl (C=O) groups excluding carboxylic acids is 1. The van der Waals surface area contributed by atoms with E-state index in [0.717, 1.165) is 38.8 Å². The minimum absolute atomic E-state index is 0.189. The molecule has 1 saturated heterocycles. The van der Waals surface area contributed by atoms with E-state index in [1.807, 2.05) is 11.9 Å². The Kier molecular flexibility index (Phi) is 5.40. The van der Waals surface area contributed by atoms with Gasteiger partial charge in [0.25, 0.3) is 0 Å². The van der Waals surface area contributed by atoms with Gasteiger partial charge >= 0.3 is 0 Å². The van der Waals surface area contributed by atoms with Crippen molar-refractivity contribution in [2.75, 3.05) is 20.1 Å². The van der Waals surface area contributed by atoms with Crippen molar-refractivity contribution in [2.24, 2.45) is 5.41 Å². The van der Waals surface area contributed by atoms with Crippen molar-refractivity contribution in [1.82, 2.24) is 10.2 Å². The largest absolute Gasteiger partial charge is 0.341 e. The van der Waals surface area contributed by atoms with Crippen LogP contribution in [0.4, 0.5) is 0 Å². The fourth-order valence-corrected chi connectivity index (χ4v) is 3.51. The maximum absolute atomic E-state index is 13.0. The topological polar surface area (TPSA) is 32.3 Å². The Labute approximate surface area is 128 Å². The Morgan fingerprint density at radius 1 is 1.43 bits per heavy atom. The number of hydrogen-bond acceptors (Lipinski definition) is 2. The first-order chi connectivity index (χ1) is 10.1. The zero-order valence-corrected chi connectivity index (χ0v) is 13.6. The molecule has 0 aromatic heterocycles. The number of carbonyl (C=O) groups is 1. The second kappa shape index (κ2) is 7.08. The van der Waals surface area contributed by atoms with Crippen LogP contribution in [0.15, 0.2) is 24.3 Å². The summed E-state index contributed by atoms with van der Waals surface area (Å²) in [4.78, 5) is 14.9. The SMILES string of the molecule is CCCC1(C(=O)N(C)Cc2cccc(C)c2)CCCNC1. The van der Waals surface area contributed by atoms with Gasteiger partial charge in [-0.05, 0) is 38.3 Å². The minimum atomic E-state index is -0.189. The van der Waals surface area contributed by atoms with E-state index < -0.39 is 0 Å². The molecule has 1 N–H and O–H groups in total. The molecule has 0 bridgehead atoms. The minimum Gasteiger partial charge on any atom is -0.341 e. The van der Waals surface area contributed by atoms with Crippen LogP contribution in [0.25, 0.3) is 0 Å². The molecule has 1 unspecified atom stereocenters. The van der Waals surface area contributed by atoms with Crippen LogP contribution in [-0.4, -0.2) is 30.9 Å². The molecule has 2 rings (SSSR count). The summed E-state index contributed by atoms with van der Waals surface area (Å²) in [5, 5.41) is 3.42. The van der Waals surface area contributed by atoms with Gasteiger partial charge in [-0.25, -0.2) is 0 Å². The molecule has 3 heteroatoms. The maximum Gasteiger partial charge on any atom is 0.230 e. The highest BCUT2D eigenvalue weighted by molar-refractivity contribution is 5.83. The monoisotopic (exact) mass is 288 g/mol. The molecule has 0 saturated carbocycles. The first kappa shape index (κ1) is 16.0. The van der Waals surface area contributed by atoms with Crippen LogP contribution in [0, 0.1) is 12.3 Å². The van der Waals surface area contributed by atoms with Gasteiger partial charge in [0.15, 0.2) is 0 Å². The van der Waals surface area contributed by atoms with Crippen molar-refractivity contribution in [3.05, 3.63) is 35.4 Å². The quantitative estimate of drug-likeness (QED) is 0.903. The molecule has 1 heterocycles. The summed E-state index contributed by atoms with van der Waals surface area (Å²) in [6.45, 7) is 6.84. The van der Waals surface area contributed by atoms with E-state index >= 15 is 0 Å². The second-order valence-corrected chi connectivity index (χ2v) is 6.46. The van der Waals surface area contributed by atoms with Gasteiger partial charge in [-0.15, -0.1) is 0 Å². The predicted octanol–water partition coefficient (Wildman–Crippen LogP) is 3.12. The van der Waals surface area contributed by atoms with Gasteiger partial charge in [-0.1, -0.05) is 43.2 Å². The molecule has 21 heavy (non-hydrogen) atoms. The van der Waals surface area contributed by atoms with Gasteiger partial charge in [0.2, 0.25) is 5.91 Å². The zero-order valence-electron chi connectivity index (χ0n) is 13.6. The molecule has 0 aliphatic carbocycles. The van der Waals surface area contributed by atoms with Crippen LogP contribution >= 0.6 is 0 Å². The molecular weight excluding hydrogens is 260 g/mol. The van der Waals surface area contributed by atoms with Crippen molar-refractivity contribution in [2.45, 2.75) is 46.1 Å².